The summed E-state index contributed by atoms with van der Waals surface area (Å²) in [5.41, 5.74) is 1.37. The lowest BCUT2D eigenvalue weighted by Gasteiger charge is -2.25. The minimum Gasteiger partial charge on any atom is -0.497 e. The molecule has 3 aromatic rings. The second-order valence-corrected chi connectivity index (χ2v) is 5.22. The quantitative estimate of drug-likeness (QED) is 0.798. The Labute approximate surface area is 123 Å². The summed E-state index contributed by atoms with van der Waals surface area (Å²) < 4.78 is 5.23. The largest absolute Gasteiger partial charge is 0.497 e. The molecule has 0 aliphatic carbocycles. The van der Waals surface area contributed by atoms with Crippen molar-refractivity contribution in [3.63, 3.8) is 0 Å². The molecule has 0 spiro atoms. The number of aromatic nitrogens is 1. The molecule has 0 aliphatic heterocycles. The van der Waals surface area contributed by atoms with E-state index >= 15 is 0 Å². The molecule has 1 N–H and O–H groups in total. The monoisotopic (exact) mass is 279 g/mol. The molecule has 1 heterocycles. The fourth-order valence-electron chi connectivity index (χ4n) is 2.46. The topological polar surface area (TPSA) is 42.4 Å². The second-order valence-electron chi connectivity index (χ2n) is 5.22. The fraction of sp³-hybridized carbons (Fsp3) is 0.167. The summed E-state index contributed by atoms with van der Waals surface area (Å²) in [7, 11) is 1.62. The van der Waals surface area contributed by atoms with E-state index in [2.05, 4.69) is 4.98 Å². The highest BCUT2D eigenvalue weighted by Crippen LogP contribution is 2.32. The van der Waals surface area contributed by atoms with Gasteiger partial charge >= 0.3 is 0 Å². The Morgan fingerprint density at radius 2 is 1.81 bits per heavy atom. The summed E-state index contributed by atoms with van der Waals surface area (Å²) in [6.07, 6.45) is 1.76. The van der Waals surface area contributed by atoms with E-state index in [0.29, 0.717) is 0 Å². The van der Waals surface area contributed by atoms with Crippen molar-refractivity contribution in [3.8, 4) is 5.75 Å². The number of rotatable bonds is 3. The normalized spacial score (nSPS) is 13.9. The zero-order chi connectivity index (χ0) is 14.9. The lowest BCUT2D eigenvalue weighted by Crippen LogP contribution is -2.22. The van der Waals surface area contributed by atoms with Crippen LogP contribution in [0.5, 0.6) is 5.75 Å². The van der Waals surface area contributed by atoms with Gasteiger partial charge in [-0.1, -0.05) is 30.3 Å². The molecule has 0 amide bonds. The van der Waals surface area contributed by atoms with E-state index in [1.54, 1.807) is 20.2 Å². The van der Waals surface area contributed by atoms with Gasteiger partial charge in [-0.25, -0.2) is 0 Å². The van der Waals surface area contributed by atoms with Crippen molar-refractivity contribution in [2.75, 3.05) is 7.11 Å². The Morgan fingerprint density at radius 3 is 2.62 bits per heavy atom. The van der Waals surface area contributed by atoms with Crippen molar-refractivity contribution in [2.24, 2.45) is 0 Å². The number of benzene rings is 2. The lowest BCUT2D eigenvalue weighted by molar-refractivity contribution is 0.102. The molecule has 3 heteroatoms. The number of methoxy groups -OCH3 is 1. The number of fused-ring (bicyclic) bond motifs is 1. The summed E-state index contributed by atoms with van der Waals surface area (Å²) in [6.45, 7) is 1.78. The number of aliphatic hydroxyl groups is 1. The molecule has 0 saturated heterocycles. The molecule has 2 aromatic carbocycles. The van der Waals surface area contributed by atoms with E-state index < -0.39 is 5.60 Å². The Balaban J connectivity index is 2.09. The molecule has 0 bridgehead atoms. The third-order valence-corrected chi connectivity index (χ3v) is 3.80. The van der Waals surface area contributed by atoms with Crippen LogP contribution in [0.25, 0.3) is 10.9 Å². The summed E-state index contributed by atoms with van der Waals surface area (Å²) in [5.74, 6) is 0.728. The van der Waals surface area contributed by atoms with Gasteiger partial charge in [0.25, 0.3) is 0 Å². The van der Waals surface area contributed by atoms with Gasteiger partial charge in [0.15, 0.2) is 0 Å². The Morgan fingerprint density at radius 1 is 1.00 bits per heavy atom. The second kappa shape index (κ2) is 5.19. The van der Waals surface area contributed by atoms with Crippen LogP contribution < -0.4 is 4.74 Å². The van der Waals surface area contributed by atoms with Crippen molar-refractivity contribution in [1.82, 2.24) is 4.98 Å². The first-order valence-corrected chi connectivity index (χ1v) is 6.83. The molecule has 0 saturated carbocycles. The van der Waals surface area contributed by atoms with Crippen molar-refractivity contribution in [1.29, 1.82) is 0 Å². The molecule has 1 unspecified atom stereocenters. The summed E-state index contributed by atoms with van der Waals surface area (Å²) >= 11 is 0. The van der Waals surface area contributed by atoms with Crippen LogP contribution in [0.3, 0.4) is 0 Å². The predicted octanol–water partition coefficient (Wildman–Crippen LogP) is 3.50. The number of hydrogen-bond donors (Lipinski definition) is 1. The van der Waals surface area contributed by atoms with E-state index in [9.17, 15) is 5.11 Å². The number of ether oxygens (including phenoxy) is 1. The van der Waals surface area contributed by atoms with E-state index in [1.165, 1.54) is 0 Å². The molecule has 1 aromatic heterocycles. The molecular formula is C18H17NO2. The molecule has 0 fully saturated rings. The Kier molecular flexibility index (Phi) is 3.35. The van der Waals surface area contributed by atoms with Gasteiger partial charge in [0.05, 0.1) is 12.6 Å². The molecule has 0 aliphatic rings. The van der Waals surface area contributed by atoms with Gasteiger partial charge in [-0.15, -0.1) is 0 Å². The van der Waals surface area contributed by atoms with Crippen molar-refractivity contribution < 1.29 is 9.84 Å². The van der Waals surface area contributed by atoms with Gasteiger partial charge in [-0.05, 0) is 42.3 Å². The molecule has 21 heavy (non-hydrogen) atoms. The number of pyridine rings is 1. The molecule has 106 valence electrons. The first kappa shape index (κ1) is 13.6. The first-order valence-electron chi connectivity index (χ1n) is 6.83. The number of hydrogen-bond acceptors (Lipinski definition) is 3. The van der Waals surface area contributed by atoms with Crippen LogP contribution >= 0.6 is 0 Å². The average Bonchev–Trinajstić information content (AvgIpc) is 2.54. The molecular weight excluding hydrogens is 262 g/mol. The Hall–Kier alpha value is -2.39. The highest BCUT2D eigenvalue weighted by Gasteiger charge is 2.26. The van der Waals surface area contributed by atoms with Crippen molar-refractivity contribution in [3.05, 3.63) is 71.9 Å². The van der Waals surface area contributed by atoms with Gasteiger partial charge in [0.2, 0.25) is 0 Å². The van der Waals surface area contributed by atoms with E-state index in [4.69, 9.17) is 4.74 Å². The minimum absolute atomic E-state index is 0.728. The van der Waals surface area contributed by atoms with E-state index in [0.717, 1.165) is 27.8 Å². The van der Waals surface area contributed by atoms with Crippen LogP contribution in [0.4, 0.5) is 0 Å². The third kappa shape index (κ3) is 2.48. The van der Waals surface area contributed by atoms with Crippen LogP contribution in [-0.2, 0) is 5.60 Å². The summed E-state index contributed by atoms with van der Waals surface area (Å²) in [5, 5.41) is 12.0. The van der Waals surface area contributed by atoms with Gasteiger partial charge in [-0.2, -0.15) is 0 Å². The van der Waals surface area contributed by atoms with E-state index in [1.807, 2.05) is 54.6 Å². The zero-order valence-corrected chi connectivity index (χ0v) is 12.1. The molecule has 0 radical (unpaired) electrons. The summed E-state index contributed by atoms with van der Waals surface area (Å²) in [4.78, 5) is 4.35. The number of nitrogens with zero attached hydrogens (tertiary/aromatic N) is 1. The molecule has 3 rings (SSSR count). The van der Waals surface area contributed by atoms with Crippen molar-refractivity contribution in [2.45, 2.75) is 12.5 Å². The standard InChI is InChI=1S/C18H17NO2/c1-18(20,14-6-3-7-16(11-14)21-2)15-9-8-13-5-4-10-19-17(13)12-15/h3-12,20H,1-2H3. The average molecular weight is 279 g/mol. The third-order valence-electron chi connectivity index (χ3n) is 3.80. The SMILES string of the molecule is COc1cccc(C(C)(O)c2ccc3cccnc3c2)c1. The van der Waals surface area contributed by atoms with Crippen LogP contribution in [0.15, 0.2) is 60.8 Å². The smallest absolute Gasteiger partial charge is 0.119 e. The maximum atomic E-state index is 11.0. The van der Waals surface area contributed by atoms with Gasteiger partial charge in [-0.3, -0.25) is 4.98 Å². The van der Waals surface area contributed by atoms with Crippen LogP contribution in [0.2, 0.25) is 0 Å². The maximum Gasteiger partial charge on any atom is 0.119 e. The molecule has 1 atom stereocenters. The summed E-state index contributed by atoms with van der Waals surface area (Å²) in [6, 6.07) is 17.2. The van der Waals surface area contributed by atoms with Crippen LogP contribution in [0.1, 0.15) is 18.1 Å². The lowest BCUT2D eigenvalue weighted by atomic mass is 9.87. The van der Waals surface area contributed by atoms with E-state index in [-0.39, 0.29) is 0 Å². The zero-order valence-electron chi connectivity index (χ0n) is 12.1. The minimum atomic E-state index is -1.10. The maximum absolute atomic E-state index is 11.0. The van der Waals surface area contributed by atoms with Gasteiger partial charge < -0.3 is 9.84 Å². The highest BCUT2D eigenvalue weighted by molar-refractivity contribution is 5.79. The molecule has 3 nitrogen and oxygen atoms in total. The van der Waals surface area contributed by atoms with Crippen LogP contribution in [0, 0.1) is 0 Å². The Bertz CT molecular complexity index is 781. The van der Waals surface area contributed by atoms with Crippen molar-refractivity contribution >= 4 is 10.9 Å². The fourth-order valence-corrected chi connectivity index (χ4v) is 2.46. The first-order chi connectivity index (χ1) is 10.1. The van der Waals surface area contributed by atoms with Crippen LogP contribution in [-0.4, -0.2) is 17.2 Å². The van der Waals surface area contributed by atoms with Gasteiger partial charge in [0.1, 0.15) is 11.4 Å². The highest BCUT2D eigenvalue weighted by atomic mass is 16.5. The van der Waals surface area contributed by atoms with Gasteiger partial charge in [0, 0.05) is 11.6 Å². The predicted molar refractivity (Wildman–Crippen MR) is 83.4 cm³/mol.